The SMILES string of the molecule is C/C(=N\OCO/N=C(\C)c1nc(C)cs1)c1nc(C)cs1. The van der Waals surface area contributed by atoms with Crippen LogP contribution in [0.4, 0.5) is 0 Å². The van der Waals surface area contributed by atoms with Gasteiger partial charge in [0.25, 0.3) is 6.79 Å². The highest BCUT2D eigenvalue weighted by atomic mass is 32.1. The molecule has 2 rings (SSSR count). The zero-order valence-electron chi connectivity index (χ0n) is 12.3. The van der Waals surface area contributed by atoms with Crippen LogP contribution >= 0.6 is 22.7 Å². The van der Waals surface area contributed by atoms with Crippen LogP contribution in [0.15, 0.2) is 21.1 Å². The zero-order valence-corrected chi connectivity index (χ0v) is 13.9. The highest BCUT2D eigenvalue weighted by molar-refractivity contribution is 7.12. The number of aromatic nitrogens is 2. The minimum Gasteiger partial charge on any atom is -0.351 e. The monoisotopic (exact) mass is 324 g/mol. The second kappa shape index (κ2) is 7.28. The zero-order chi connectivity index (χ0) is 15.2. The van der Waals surface area contributed by atoms with Crippen LogP contribution in [0, 0.1) is 13.8 Å². The van der Waals surface area contributed by atoms with Gasteiger partial charge >= 0.3 is 0 Å². The summed E-state index contributed by atoms with van der Waals surface area (Å²) in [6.45, 7) is 7.50. The van der Waals surface area contributed by atoms with Crippen molar-refractivity contribution in [1.82, 2.24) is 9.97 Å². The van der Waals surface area contributed by atoms with Crippen molar-refractivity contribution in [2.45, 2.75) is 27.7 Å². The lowest BCUT2D eigenvalue weighted by molar-refractivity contribution is -0.0505. The molecular weight excluding hydrogens is 308 g/mol. The highest BCUT2D eigenvalue weighted by Crippen LogP contribution is 2.11. The molecule has 8 heteroatoms. The van der Waals surface area contributed by atoms with Gasteiger partial charge in [0.05, 0.1) is 0 Å². The Bertz CT molecular complexity index is 604. The molecule has 0 aliphatic rings. The smallest absolute Gasteiger partial charge is 0.280 e. The Balaban J connectivity index is 1.79. The molecule has 0 radical (unpaired) electrons. The molecule has 112 valence electrons. The predicted octanol–water partition coefficient (Wildman–Crippen LogP) is 3.36. The normalized spacial score (nSPS) is 12.6. The Morgan fingerprint density at radius 1 is 0.952 bits per heavy atom. The second-order valence-electron chi connectivity index (χ2n) is 4.32. The predicted molar refractivity (Wildman–Crippen MR) is 85.2 cm³/mol. The van der Waals surface area contributed by atoms with E-state index in [0.717, 1.165) is 21.4 Å². The maximum Gasteiger partial charge on any atom is 0.280 e. The van der Waals surface area contributed by atoms with Gasteiger partial charge in [-0.3, -0.25) is 0 Å². The lowest BCUT2D eigenvalue weighted by Gasteiger charge is -2.00. The lowest BCUT2D eigenvalue weighted by atomic mass is 10.4. The third-order valence-corrected chi connectivity index (χ3v) is 4.50. The van der Waals surface area contributed by atoms with E-state index in [4.69, 9.17) is 9.68 Å². The largest absolute Gasteiger partial charge is 0.351 e. The molecule has 0 spiro atoms. The molecule has 0 saturated heterocycles. The molecule has 2 aromatic rings. The number of oxime groups is 2. The molecule has 0 saturated carbocycles. The molecular formula is C13H16N4O2S2. The van der Waals surface area contributed by atoms with E-state index < -0.39 is 0 Å². The van der Waals surface area contributed by atoms with Crippen molar-refractivity contribution in [1.29, 1.82) is 0 Å². The second-order valence-corrected chi connectivity index (χ2v) is 6.03. The average molecular weight is 324 g/mol. The summed E-state index contributed by atoms with van der Waals surface area (Å²) >= 11 is 3.06. The van der Waals surface area contributed by atoms with Gasteiger partial charge in [-0.1, -0.05) is 10.3 Å². The minimum atomic E-state index is -0.0522. The molecule has 0 atom stereocenters. The van der Waals surface area contributed by atoms with Crippen LogP contribution < -0.4 is 0 Å². The van der Waals surface area contributed by atoms with E-state index in [1.54, 1.807) is 0 Å². The number of rotatable bonds is 6. The van der Waals surface area contributed by atoms with Crippen molar-refractivity contribution in [3.8, 4) is 0 Å². The lowest BCUT2D eigenvalue weighted by Crippen LogP contribution is -2.00. The Kier molecular flexibility index (Phi) is 5.40. The fourth-order valence-electron chi connectivity index (χ4n) is 1.39. The Hall–Kier alpha value is -1.80. The van der Waals surface area contributed by atoms with E-state index in [0.29, 0.717) is 11.4 Å². The van der Waals surface area contributed by atoms with Crippen LogP contribution in [-0.2, 0) is 9.68 Å². The van der Waals surface area contributed by atoms with Crippen molar-refractivity contribution in [2.75, 3.05) is 6.79 Å². The quantitative estimate of drug-likeness (QED) is 0.354. The number of nitrogens with zero attached hydrogens (tertiary/aromatic N) is 4. The van der Waals surface area contributed by atoms with Gasteiger partial charge in [0.2, 0.25) is 0 Å². The summed E-state index contributed by atoms with van der Waals surface area (Å²) in [5, 5.41) is 13.5. The summed E-state index contributed by atoms with van der Waals surface area (Å²) in [7, 11) is 0. The van der Waals surface area contributed by atoms with Crippen LogP contribution in [-0.4, -0.2) is 28.2 Å². The van der Waals surface area contributed by atoms with E-state index in [1.807, 2.05) is 38.5 Å². The van der Waals surface area contributed by atoms with Gasteiger partial charge in [0.1, 0.15) is 21.4 Å². The summed E-state index contributed by atoms with van der Waals surface area (Å²) in [5.74, 6) is 0. The first-order valence-corrected chi connectivity index (χ1v) is 8.00. The molecule has 0 aliphatic heterocycles. The first kappa shape index (κ1) is 15.6. The van der Waals surface area contributed by atoms with Gasteiger partial charge in [-0.05, 0) is 27.7 Å². The molecule has 0 amide bonds. The summed E-state index contributed by atoms with van der Waals surface area (Å²) in [4.78, 5) is 18.7. The van der Waals surface area contributed by atoms with Gasteiger partial charge in [-0.15, -0.1) is 22.7 Å². The third kappa shape index (κ3) is 4.61. The number of hydrogen-bond donors (Lipinski definition) is 0. The maximum atomic E-state index is 5.06. The molecule has 0 aliphatic carbocycles. The summed E-state index contributed by atoms with van der Waals surface area (Å²) < 4.78 is 0. The molecule has 2 heterocycles. The Morgan fingerprint density at radius 2 is 1.38 bits per heavy atom. The van der Waals surface area contributed by atoms with E-state index in [2.05, 4.69) is 20.3 Å². The standard InChI is InChI=1S/C13H16N4O2S2/c1-8-5-20-12(14-8)10(3)16-18-7-19-17-11(4)13-15-9(2)6-21-13/h5-6H,7H2,1-4H3/b16-10+,17-11+. The van der Waals surface area contributed by atoms with Crippen LogP contribution in [0.3, 0.4) is 0 Å². The molecule has 21 heavy (non-hydrogen) atoms. The van der Waals surface area contributed by atoms with Gasteiger partial charge in [0, 0.05) is 22.1 Å². The molecule has 0 N–H and O–H groups in total. The van der Waals surface area contributed by atoms with E-state index in [1.165, 1.54) is 22.7 Å². The van der Waals surface area contributed by atoms with Gasteiger partial charge in [0.15, 0.2) is 0 Å². The third-order valence-electron chi connectivity index (χ3n) is 2.37. The van der Waals surface area contributed by atoms with Crippen molar-refractivity contribution in [3.63, 3.8) is 0 Å². The Labute approximate surface area is 131 Å². The minimum absolute atomic E-state index is 0.0522. The average Bonchev–Trinajstić information content (AvgIpc) is 3.06. The molecule has 0 aromatic carbocycles. The van der Waals surface area contributed by atoms with E-state index in [9.17, 15) is 0 Å². The number of thiazole rings is 2. The fourth-order valence-corrected chi connectivity index (χ4v) is 2.87. The molecule has 0 unspecified atom stereocenters. The van der Waals surface area contributed by atoms with Gasteiger partial charge < -0.3 is 9.68 Å². The maximum absolute atomic E-state index is 5.06. The number of hydrogen-bond acceptors (Lipinski definition) is 8. The number of aryl methyl sites for hydroxylation is 2. The fraction of sp³-hybridized carbons (Fsp3) is 0.385. The van der Waals surface area contributed by atoms with Gasteiger partial charge in [-0.25, -0.2) is 9.97 Å². The van der Waals surface area contributed by atoms with E-state index >= 15 is 0 Å². The van der Waals surface area contributed by atoms with Crippen LogP contribution in [0.1, 0.15) is 35.3 Å². The molecule has 6 nitrogen and oxygen atoms in total. The van der Waals surface area contributed by atoms with Crippen molar-refractivity contribution in [2.24, 2.45) is 10.3 Å². The van der Waals surface area contributed by atoms with E-state index in [-0.39, 0.29) is 6.79 Å². The van der Waals surface area contributed by atoms with Gasteiger partial charge in [-0.2, -0.15) is 0 Å². The molecule has 0 bridgehead atoms. The summed E-state index contributed by atoms with van der Waals surface area (Å²) in [5.41, 5.74) is 3.38. The van der Waals surface area contributed by atoms with Crippen LogP contribution in [0.2, 0.25) is 0 Å². The van der Waals surface area contributed by atoms with Crippen molar-refractivity contribution < 1.29 is 9.68 Å². The summed E-state index contributed by atoms with van der Waals surface area (Å²) in [6, 6.07) is 0. The summed E-state index contributed by atoms with van der Waals surface area (Å²) in [6.07, 6.45) is 0. The first-order chi connectivity index (χ1) is 10.1. The van der Waals surface area contributed by atoms with Crippen molar-refractivity contribution in [3.05, 3.63) is 32.2 Å². The highest BCUT2D eigenvalue weighted by Gasteiger charge is 2.04. The molecule has 0 fully saturated rings. The Morgan fingerprint density at radius 3 is 1.71 bits per heavy atom. The van der Waals surface area contributed by atoms with Crippen molar-refractivity contribution >= 4 is 34.1 Å². The molecule has 2 aromatic heterocycles. The van der Waals surface area contributed by atoms with Crippen LogP contribution in [0.25, 0.3) is 0 Å². The topological polar surface area (TPSA) is 69.0 Å². The first-order valence-electron chi connectivity index (χ1n) is 6.24. The van der Waals surface area contributed by atoms with Crippen LogP contribution in [0.5, 0.6) is 0 Å².